The number of hydrogen-bond acceptors (Lipinski definition) is 2. The largest absolute Gasteiger partial charge is 0.374 e. The second kappa shape index (κ2) is 6.62. The third-order valence-electron chi connectivity index (χ3n) is 2.54. The molecule has 2 N–H and O–H groups in total. The number of carbonyl (C=O) groups is 1. The molecule has 0 aliphatic rings. The summed E-state index contributed by atoms with van der Waals surface area (Å²) in [7, 11) is 0. The maximum atomic E-state index is 13.4. The lowest BCUT2D eigenvalue weighted by Crippen LogP contribution is -2.22. The van der Waals surface area contributed by atoms with E-state index in [0.29, 0.717) is 11.8 Å². The van der Waals surface area contributed by atoms with Gasteiger partial charge < -0.3 is 10.6 Å². The fraction of sp³-hybridized carbons (Fsp3) is 0.0714. The lowest BCUT2D eigenvalue weighted by Gasteiger charge is -2.09. The first-order valence-corrected chi connectivity index (χ1v) is 6.69. The molecule has 0 aliphatic carbocycles. The summed E-state index contributed by atoms with van der Waals surface area (Å²) in [6, 6.07) is 8.09. The van der Waals surface area contributed by atoms with Crippen LogP contribution in [0.25, 0.3) is 0 Å². The minimum absolute atomic E-state index is 0.327. The van der Waals surface area contributed by atoms with E-state index in [0.717, 1.165) is 10.5 Å². The summed E-state index contributed by atoms with van der Waals surface area (Å²) in [5, 5.41) is 4.91. The second-order valence-corrected chi connectivity index (χ2v) is 5.08. The maximum Gasteiger partial charge on any atom is 0.243 e. The monoisotopic (exact) mass is 358 g/mol. The number of hydrogen-bond donors (Lipinski definition) is 2. The van der Waals surface area contributed by atoms with Gasteiger partial charge in [0.05, 0.1) is 12.2 Å². The Morgan fingerprint density at radius 3 is 2.62 bits per heavy atom. The van der Waals surface area contributed by atoms with E-state index in [1.807, 2.05) is 0 Å². The van der Waals surface area contributed by atoms with Crippen molar-refractivity contribution in [3.8, 4) is 0 Å². The average Bonchev–Trinajstić information content (AvgIpc) is 2.41. The molecule has 0 saturated carbocycles. The van der Waals surface area contributed by atoms with Crippen LogP contribution in [0, 0.1) is 17.5 Å². The normalized spacial score (nSPS) is 10.3. The Kier molecular flexibility index (Phi) is 4.85. The van der Waals surface area contributed by atoms with Gasteiger partial charge in [0.25, 0.3) is 0 Å². The van der Waals surface area contributed by atoms with Crippen molar-refractivity contribution in [2.75, 3.05) is 17.2 Å². The summed E-state index contributed by atoms with van der Waals surface area (Å²) in [4.78, 5) is 11.7. The molecule has 7 heteroatoms. The molecule has 0 saturated heterocycles. The van der Waals surface area contributed by atoms with Gasteiger partial charge in [0.15, 0.2) is 11.6 Å². The van der Waals surface area contributed by atoms with Crippen molar-refractivity contribution >= 4 is 33.2 Å². The summed E-state index contributed by atoms with van der Waals surface area (Å²) >= 11 is 3.25. The van der Waals surface area contributed by atoms with E-state index in [1.54, 1.807) is 24.3 Å². The number of benzene rings is 2. The molecule has 2 aromatic carbocycles. The Hall–Kier alpha value is -2.02. The molecule has 2 aromatic rings. The highest BCUT2D eigenvalue weighted by Gasteiger charge is 2.12. The third kappa shape index (κ3) is 4.22. The first-order valence-electron chi connectivity index (χ1n) is 5.89. The molecule has 3 nitrogen and oxygen atoms in total. The van der Waals surface area contributed by atoms with Crippen LogP contribution in [-0.4, -0.2) is 12.5 Å². The van der Waals surface area contributed by atoms with Crippen LogP contribution in [0.5, 0.6) is 0 Å². The third-order valence-corrected chi connectivity index (χ3v) is 3.03. The molecule has 0 aromatic heterocycles. The fourth-order valence-corrected chi connectivity index (χ4v) is 2.03. The molecule has 0 spiro atoms. The molecule has 0 radical (unpaired) electrons. The summed E-state index contributed by atoms with van der Waals surface area (Å²) in [5.74, 6) is -3.95. The van der Waals surface area contributed by atoms with Gasteiger partial charge in [0.1, 0.15) is 5.82 Å². The van der Waals surface area contributed by atoms with Crippen LogP contribution in [0.4, 0.5) is 24.5 Å². The van der Waals surface area contributed by atoms with Crippen LogP contribution in [0.15, 0.2) is 40.9 Å². The minimum Gasteiger partial charge on any atom is -0.374 e. The highest BCUT2D eigenvalue weighted by molar-refractivity contribution is 9.10. The van der Waals surface area contributed by atoms with Crippen LogP contribution in [0.3, 0.4) is 0 Å². The molecule has 2 rings (SSSR count). The second-order valence-electron chi connectivity index (χ2n) is 4.16. The molecule has 0 atom stereocenters. The molecule has 1 amide bonds. The molecule has 0 aliphatic heterocycles. The standard InChI is InChI=1S/C14H10BrF3N2O/c15-8-2-1-3-10(4-8)20-13(21)7-19-12-6-9(16)5-11(17)14(12)18/h1-6,19H,7H2,(H,20,21). The predicted octanol–water partition coefficient (Wildman–Crippen LogP) is 3.92. The number of rotatable bonds is 4. The molecule has 0 unspecified atom stereocenters. The van der Waals surface area contributed by atoms with E-state index in [1.165, 1.54) is 0 Å². The molecule has 110 valence electrons. The first-order chi connectivity index (χ1) is 9.95. The topological polar surface area (TPSA) is 41.1 Å². The number of halogens is 4. The Morgan fingerprint density at radius 1 is 1.14 bits per heavy atom. The van der Waals surface area contributed by atoms with Gasteiger partial charge in [-0.1, -0.05) is 22.0 Å². The Balaban J connectivity index is 1.98. The van der Waals surface area contributed by atoms with Crippen molar-refractivity contribution < 1.29 is 18.0 Å². The number of anilines is 2. The van der Waals surface area contributed by atoms with Gasteiger partial charge in [0.2, 0.25) is 5.91 Å². The SMILES string of the molecule is O=C(CNc1cc(F)cc(F)c1F)Nc1cccc(Br)c1. The summed E-state index contributed by atoms with van der Waals surface area (Å²) in [5.41, 5.74) is 0.138. The number of carbonyl (C=O) groups excluding carboxylic acids is 1. The number of nitrogens with one attached hydrogen (secondary N) is 2. The summed E-state index contributed by atoms with van der Waals surface area (Å²) < 4.78 is 40.1. The maximum absolute atomic E-state index is 13.4. The van der Waals surface area contributed by atoms with Gasteiger partial charge in [-0.15, -0.1) is 0 Å². The first kappa shape index (κ1) is 15.4. The zero-order chi connectivity index (χ0) is 15.4. The van der Waals surface area contributed by atoms with E-state index in [2.05, 4.69) is 26.6 Å². The van der Waals surface area contributed by atoms with Crippen LogP contribution >= 0.6 is 15.9 Å². The lowest BCUT2D eigenvalue weighted by molar-refractivity contribution is -0.114. The van der Waals surface area contributed by atoms with Crippen LogP contribution in [0.1, 0.15) is 0 Å². The van der Waals surface area contributed by atoms with Crippen LogP contribution in [-0.2, 0) is 4.79 Å². The Bertz CT molecular complexity index is 679. The van der Waals surface area contributed by atoms with E-state index in [-0.39, 0.29) is 6.54 Å². The van der Waals surface area contributed by atoms with Crippen molar-refractivity contribution in [1.29, 1.82) is 0 Å². The lowest BCUT2D eigenvalue weighted by atomic mass is 10.2. The van der Waals surface area contributed by atoms with Gasteiger partial charge in [-0.3, -0.25) is 4.79 Å². The zero-order valence-corrected chi connectivity index (χ0v) is 12.2. The molecule has 0 fully saturated rings. The quantitative estimate of drug-likeness (QED) is 0.813. The van der Waals surface area contributed by atoms with Gasteiger partial charge in [-0.2, -0.15) is 0 Å². The van der Waals surface area contributed by atoms with Crippen molar-refractivity contribution in [3.63, 3.8) is 0 Å². The van der Waals surface area contributed by atoms with E-state index < -0.39 is 29.0 Å². The summed E-state index contributed by atoms with van der Waals surface area (Å²) in [6.07, 6.45) is 0. The Morgan fingerprint density at radius 2 is 1.90 bits per heavy atom. The zero-order valence-electron chi connectivity index (χ0n) is 10.6. The van der Waals surface area contributed by atoms with Gasteiger partial charge >= 0.3 is 0 Å². The highest BCUT2D eigenvalue weighted by atomic mass is 79.9. The molecular weight excluding hydrogens is 349 g/mol. The fourth-order valence-electron chi connectivity index (χ4n) is 1.63. The minimum atomic E-state index is -1.31. The van der Waals surface area contributed by atoms with Crippen LogP contribution in [0.2, 0.25) is 0 Å². The van der Waals surface area contributed by atoms with E-state index >= 15 is 0 Å². The highest BCUT2D eigenvalue weighted by Crippen LogP contribution is 2.19. The van der Waals surface area contributed by atoms with Crippen LogP contribution < -0.4 is 10.6 Å². The summed E-state index contributed by atoms with van der Waals surface area (Å²) in [6.45, 7) is -0.327. The number of amides is 1. The molecule has 21 heavy (non-hydrogen) atoms. The van der Waals surface area contributed by atoms with Crippen molar-refractivity contribution in [2.24, 2.45) is 0 Å². The van der Waals surface area contributed by atoms with Crippen molar-refractivity contribution in [1.82, 2.24) is 0 Å². The van der Waals surface area contributed by atoms with Gasteiger partial charge in [0, 0.05) is 22.3 Å². The molecular formula is C14H10BrF3N2O. The van der Waals surface area contributed by atoms with E-state index in [9.17, 15) is 18.0 Å². The predicted molar refractivity (Wildman–Crippen MR) is 77.6 cm³/mol. The van der Waals surface area contributed by atoms with Gasteiger partial charge in [-0.25, -0.2) is 13.2 Å². The van der Waals surface area contributed by atoms with E-state index in [4.69, 9.17) is 0 Å². The van der Waals surface area contributed by atoms with Crippen molar-refractivity contribution in [3.05, 3.63) is 58.3 Å². The smallest absolute Gasteiger partial charge is 0.243 e. The van der Waals surface area contributed by atoms with Crippen molar-refractivity contribution in [2.45, 2.75) is 0 Å². The molecule has 0 bridgehead atoms. The van der Waals surface area contributed by atoms with Gasteiger partial charge in [-0.05, 0) is 18.2 Å². The average molecular weight is 359 g/mol. The molecule has 0 heterocycles. The Labute approximate surface area is 127 Å².